The monoisotopic (exact) mass is 406 g/mol. The largest absolute Gasteiger partial charge is 0.301 e. The molecule has 0 saturated heterocycles. The van der Waals surface area contributed by atoms with Crippen molar-refractivity contribution in [3.05, 3.63) is 45.4 Å². The summed E-state index contributed by atoms with van der Waals surface area (Å²) in [5.74, 6) is -4.79. The number of benzene rings is 1. The van der Waals surface area contributed by atoms with Gasteiger partial charge in [-0.3, -0.25) is 4.79 Å². The van der Waals surface area contributed by atoms with Gasteiger partial charge in [0.05, 0.1) is 23.2 Å². The Morgan fingerprint density at radius 2 is 2.11 bits per heavy atom. The van der Waals surface area contributed by atoms with Gasteiger partial charge in [0.2, 0.25) is 11.8 Å². The van der Waals surface area contributed by atoms with Crippen molar-refractivity contribution in [2.24, 2.45) is 5.92 Å². The molecule has 1 N–H and O–H groups in total. The smallest absolute Gasteiger partial charge is 0.248 e. The standard InChI is InChI=1S/C18H13ClF2N4OS/c19-14-9-24-17(27-14)25-16(26)15(11-3-4-18(20,21)6-11)10-1-2-12(7-22)13(5-10)8-23/h1-2,5,9,11,15H,3-4,6H2,(H,24,25,26). The predicted octanol–water partition coefficient (Wildman–Crippen LogP) is 4.70. The topological polar surface area (TPSA) is 89.6 Å². The molecule has 0 spiro atoms. The van der Waals surface area contributed by atoms with E-state index >= 15 is 0 Å². The van der Waals surface area contributed by atoms with Gasteiger partial charge in [-0.05, 0) is 30.0 Å². The fraction of sp³-hybridized carbons (Fsp3) is 0.333. The summed E-state index contributed by atoms with van der Waals surface area (Å²) in [6, 6.07) is 8.20. The Labute approximate surface area is 163 Å². The van der Waals surface area contributed by atoms with Gasteiger partial charge < -0.3 is 5.32 Å². The number of rotatable bonds is 4. The van der Waals surface area contributed by atoms with Gasteiger partial charge in [-0.1, -0.05) is 29.0 Å². The van der Waals surface area contributed by atoms with Crippen LogP contribution in [-0.2, 0) is 4.79 Å². The second-order valence-electron chi connectivity index (χ2n) is 6.32. The zero-order valence-corrected chi connectivity index (χ0v) is 15.4. The second kappa shape index (κ2) is 7.59. The molecule has 1 aliphatic rings. The first-order valence-corrected chi connectivity index (χ1v) is 9.26. The van der Waals surface area contributed by atoms with Crippen molar-refractivity contribution >= 4 is 34.0 Å². The summed E-state index contributed by atoms with van der Waals surface area (Å²) < 4.78 is 27.9. The molecule has 9 heteroatoms. The molecule has 1 fully saturated rings. The van der Waals surface area contributed by atoms with E-state index in [4.69, 9.17) is 16.9 Å². The molecular formula is C18H13ClF2N4OS. The van der Waals surface area contributed by atoms with Crippen molar-refractivity contribution in [3.8, 4) is 12.1 Å². The summed E-state index contributed by atoms with van der Waals surface area (Å²) >= 11 is 6.88. The van der Waals surface area contributed by atoms with Crippen LogP contribution in [0.25, 0.3) is 0 Å². The predicted molar refractivity (Wildman–Crippen MR) is 96.7 cm³/mol. The summed E-state index contributed by atoms with van der Waals surface area (Å²) in [6.45, 7) is 0. The average molecular weight is 407 g/mol. The molecular weight excluding hydrogens is 394 g/mol. The Balaban J connectivity index is 1.96. The lowest BCUT2D eigenvalue weighted by atomic mass is 9.83. The molecule has 5 nitrogen and oxygen atoms in total. The second-order valence-corrected chi connectivity index (χ2v) is 7.99. The molecule has 1 heterocycles. The van der Waals surface area contributed by atoms with Gasteiger partial charge in [-0.25, -0.2) is 13.8 Å². The number of thiazole rings is 1. The van der Waals surface area contributed by atoms with Crippen LogP contribution in [0.5, 0.6) is 0 Å². The molecule has 138 valence electrons. The molecule has 0 radical (unpaired) electrons. The number of hydrogen-bond donors (Lipinski definition) is 1. The molecule has 1 saturated carbocycles. The molecule has 27 heavy (non-hydrogen) atoms. The maximum atomic E-state index is 13.8. The highest BCUT2D eigenvalue weighted by atomic mass is 35.5. The van der Waals surface area contributed by atoms with Gasteiger partial charge >= 0.3 is 0 Å². The number of aromatic nitrogens is 1. The summed E-state index contributed by atoms with van der Waals surface area (Å²) in [6.07, 6.45) is 0.874. The fourth-order valence-electron chi connectivity index (χ4n) is 3.35. The number of anilines is 1. The summed E-state index contributed by atoms with van der Waals surface area (Å²) in [5.41, 5.74) is 0.701. The Morgan fingerprint density at radius 3 is 2.67 bits per heavy atom. The van der Waals surface area contributed by atoms with Crippen LogP contribution in [0.15, 0.2) is 24.4 Å². The van der Waals surface area contributed by atoms with Gasteiger partial charge in [0.25, 0.3) is 0 Å². The van der Waals surface area contributed by atoms with Crippen LogP contribution in [0.1, 0.15) is 41.9 Å². The van der Waals surface area contributed by atoms with Gasteiger partial charge in [0.1, 0.15) is 16.5 Å². The molecule has 3 rings (SSSR count). The van der Waals surface area contributed by atoms with E-state index in [0.29, 0.717) is 9.90 Å². The number of carbonyl (C=O) groups is 1. The lowest BCUT2D eigenvalue weighted by Gasteiger charge is -2.23. The van der Waals surface area contributed by atoms with Crippen molar-refractivity contribution in [1.82, 2.24) is 4.98 Å². The van der Waals surface area contributed by atoms with Crippen LogP contribution in [0, 0.1) is 28.6 Å². The number of amides is 1. The van der Waals surface area contributed by atoms with Crippen molar-refractivity contribution in [2.75, 3.05) is 5.32 Å². The average Bonchev–Trinajstić information content (AvgIpc) is 3.19. The highest BCUT2D eigenvalue weighted by molar-refractivity contribution is 7.19. The van der Waals surface area contributed by atoms with E-state index in [2.05, 4.69) is 10.3 Å². The Morgan fingerprint density at radius 1 is 1.37 bits per heavy atom. The van der Waals surface area contributed by atoms with Crippen LogP contribution >= 0.6 is 22.9 Å². The molecule has 2 atom stereocenters. The lowest BCUT2D eigenvalue weighted by molar-refractivity contribution is -0.118. The third-order valence-corrected chi connectivity index (χ3v) is 5.58. The summed E-state index contributed by atoms with van der Waals surface area (Å²) in [5, 5.41) is 21.2. The third kappa shape index (κ3) is 4.24. The van der Waals surface area contributed by atoms with Crippen LogP contribution < -0.4 is 5.32 Å². The fourth-order valence-corrected chi connectivity index (χ4v) is 4.16. The highest BCUT2D eigenvalue weighted by Crippen LogP contribution is 2.46. The maximum Gasteiger partial charge on any atom is 0.248 e. The van der Waals surface area contributed by atoms with Crippen LogP contribution in [0.2, 0.25) is 4.34 Å². The molecule has 1 aliphatic carbocycles. The Kier molecular flexibility index (Phi) is 5.41. The van der Waals surface area contributed by atoms with Crippen molar-refractivity contribution in [3.63, 3.8) is 0 Å². The Bertz CT molecular complexity index is 963. The normalized spacial score (nSPS) is 19.1. The number of hydrogen-bond acceptors (Lipinski definition) is 5. The number of halogens is 3. The minimum Gasteiger partial charge on any atom is -0.301 e. The number of carbonyl (C=O) groups excluding carboxylic acids is 1. The highest BCUT2D eigenvalue weighted by Gasteiger charge is 2.45. The van der Waals surface area contributed by atoms with E-state index in [1.807, 2.05) is 12.1 Å². The molecule has 2 unspecified atom stereocenters. The van der Waals surface area contributed by atoms with E-state index in [1.165, 1.54) is 24.4 Å². The zero-order valence-electron chi connectivity index (χ0n) is 13.9. The van der Waals surface area contributed by atoms with Crippen molar-refractivity contribution in [2.45, 2.75) is 31.1 Å². The quantitative estimate of drug-likeness (QED) is 0.796. The Hall–Kier alpha value is -2.55. The van der Waals surface area contributed by atoms with Crippen LogP contribution in [0.4, 0.5) is 13.9 Å². The lowest BCUT2D eigenvalue weighted by Crippen LogP contribution is -2.27. The number of alkyl halides is 2. The molecule has 0 bridgehead atoms. The summed E-state index contributed by atoms with van der Waals surface area (Å²) in [4.78, 5) is 16.9. The first-order valence-electron chi connectivity index (χ1n) is 8.07. The SMILES string of the molecule is N#Cc1ccc(C(C(=O)Nc2ncc(Cl)s2)C2CCC(F)(F)C2)cc1C#N. The van der Waals surface area contributed by atoms with Gasteiger partial charge in [0, 0.05) is 12.8 Å². The number of nitrogens with zero attached hydrogens (tertiary/aromatic N) is 3. The van der Waals surface area contributed by atoms with E-state index in [1.54, 1.807) is 0 Å². The van der Waals surface area contributed by atoms with Crippen molar-refractivity contribution in [1.29, 1.82) is 10.5 Å². The van der Waals surface area contributed by atoms with Crippen LogP contribution in [0.3, 0.4) is 0 Å². The third-order valence-electron chi connectivity index (χ3n) is 4.55. The zero-order chi connectivity index (χ0) is 19.6. The number of nitrogens with one attached hydrogen (secondary N) is 1. The molecule has 1 aromatic carbocycles. The van der Waals surface area contributed by atoms with Gasteiger partial charge in [0.15, 0.2) is 5.13 Å². The molecule has 1 amide bonds. The molecule has 0 aliphatic heterocycles. The molecule has 1 aromatic heterocycles. The van der Waals surface area contributed by atoms with Gasteiger partial charge in [-0.15, -0.1) is 0 Å². The number of nitriles is 2. The van der Waals surface area contributed by atoms with E-state index in [0.717, 1.165) is 11.3 Å². The molecule has 2 aromatic rings. The van der Waals surface area contributed by atoms with E-state index < -0.39 is 30.1 Å². The first-order chi connectivity index (χ1) is 12.8. The minimum absolute atomic E-state index is 0.106. The minimum atomic E-state index is -2.82. The summed E-state index contributed by atoms with van der Waals surface area (Å²) in [7, 11) is 0. The van der Waals surface area contributed by atoms with Gasteiger partial charge in [-0.2, -0.15) is 10.5 Å². The first kappa shape index (κ1) is 19.2. The van der Waals surface area contributed by atoms with Crippen molar-refractivity contribution < 1.29 is 13.6 Å². The van der Waals surface area contributed by atoms with Crippen LogP contribution in [-0.4, -0.2) is 16.8 Å². The van der Waals surface area contributed by atoms with E-state index in [9.17, 15) is 18.8 Å². The maximum absolute atomic E-state index is 13.8. The van der Waals surface area contributed by atoms with E-state index in [-0.39, 0.29) is 29.1 Å².